The fourth-order valence-electron chi connectivity index (χ4n) is 3.18. The first-order valence-electron chi connectivity index (χ1n) is 8.37. The molecule has 1 amide bonds. The molecule has 0 saturated heterocycles. The highest BCUT2D eigenvalue weighted by Crippen LogP contribution is 2.29. The number of fused-ring (bicyclic) bond motifs is 1. The number of carbonyl (C=O) groups is 2. The van der Waals surface area contributed by atoms with E-state index < -0.39 is 22.0 Å². The molecule has 1 unspecified atom stereocenters. The highest BCUT2D eigenvalue weighted by atomic mass is 32.2. The molecule has 27 heavy (non-hydrogen) atoms. The molecule has 3 rings (SSSR count). The van der Waals surface area contributed by atoms with Crippen molar-refractivity contribution in [1.29, 1.82) is 0 Å². The van der Waals surface area contributed by atoms with Gasteiger partial charge < -0.3 is 10.1 Å². The molecule has 0 aliphatic carbocycles. The van der Waals surface area contributed by atoms with Gasteiger partial charge in [-0.25, -0.2) is 13.2 Å². The van der Waals surface area contributed by atoms with Gasteiger partial charge in [0, 0.05) is 13.6 Å². The van der Waals surface area contributed by atoms with E-state index in [2.05, 4.69) is 10.1 Å². The number of hydrogen-bond donors (Lipinski definition) is 1. The van der Waals surface area contributed by atoms with E-state index >= 15 is 0 Å². The van der Waals surface area contributed by atoms with Crippen LogP contribution in [-0.4, -0.2) is 44.8 Å². The average molecular weight is 388 g/mol. The zero-order chi connectivity index (χ0) is 19.6. The number of rotatable bonds is 4. The van der Waals surface area contributed by atoms with E-state index in [9.17, 15) is 18.0 Å². The van der Waals surface area contributed by atoms with Crippen molar-refractivity contribution in [3.8, 4) is 0 Å². The topological polar surface area (TPSA) is 92.8 Å². The minimum atomic E-state index is -4.01. The zero-order valence-corrected chi connectivity index (χ0v) is 15.8. The van der Waals surface area contributed by atoms with Crippen molar-refractivity contribution in [2.45, 2.75) is 23.9 Å². The van der Waals surface area contributed by atoms with Crippen LogP contribution in [0.1, 0.15) is 21.5 Å². The predicted octanol–water partition coefficient (Wildman–Crippen LogP) is 1.33. The van der Waals surface area contributed by atoms with Crippen LogP contribution in [0, 0.1) is 0 Å². The molecule has 2 aromatic carbocycles. The third-order valence-corrected chi connectivity index (χ3v) is 6.47. The van der Waals surface area contributed by atoms with Crippen molar-refractivity contribution in [2.24, 2.45) is 0 Å². The fraction of sp³-hybridized carbons (Fsp3) is 0.263. The van der Waals surface area contributed by atoms with Gasteiger partial charge in [0.25, 0.3) is 0 Å². The molecule has 0 fully saturated rings. The number of nitrogens with one attached hydrogen (secondary N) is 1. The highest BCUT2D eigenvalue weighted by Gasteiger charge is 2.39. The van der Waals surface area contributed by atoms with Crippen LogP contribution in [0.15, 0.2) is 53.4 Å². The van der Waals surface area contributed by atoms with Crippen LogP contribution in [0.4, 0.5) is 0 Å². The monoisotopic (exact) mass is 388 g/mol. The summed E-state index contributed by atoms with van der Waals surface area (Å²) in [6.45, 7) is 0.0824. The van der Waals surface area contributed by atoms with Gasteiger partial charge >= 0.3 is 5.97 Å². The van der Waals surface area contributed by atoms with Crippen molar-refractivity contribution in [2.75, 3.05) is 14.2 Å². The molecular weight excluding hydrogens is 368 g/mol. The number of likely N-dealkylation sites (N-methyl/N-ethyl adjacent to an activating group) is 1. The van der Waals surface area contributed by atoms with E-state index in [1.54, 1.807) is 0 Å². The van der Waals surface area contributed by atoms with Crippen molar-refractivity contribution in [3.63, 3.8) is 0 Å². The molecule has 1 heterocycles. The number of carbonyl (C=O) groups excluding carboxylic acids is 2. The Morgan fingerprint density at radius 2 is 1.81 bits per heavy atom. The van der Waals surface area contributed by atoms with Gasteiger partial charge in [-0.3, -0.25) is 4.79 Å². The Bertz CT molecular complexity index is 987. The van der Waals surface area contributed by atoms with E-state index in [1.807, 2.05) is 24.3 Å². The molecule has 0 saturated carbocycles. The maximum absolute atomic E-state index is 13.3. The van der Waals surface area contributed by atoms with Crippen LogP contribution in [0.2, 0.25) is 0 Å². The summed E-state index contributed by atoms with van der Waals surface area (Å²) >= 11 is 0. The molecule has 0 aromatic heterocycles. The number of methoxy groups -OCH3 is 1. The smallest absolute Gasteiger partial charge is 0.337 e. The van der Waals surface area contributed by atoms with Crippen LogP contribution < -0.4 is 5.32 Å². The Labute approximate surface area is 158 Å². The standard InChI is InChI=1S/C19H20N2O5S/c1-20-18(22)17-11-13-6-3-4-7-15(13)12-21(17)27(24,25)16-9-5-8-14(10-16)19(23)26-2/h3-10,17H,11-12H2,1-2H3,(H,20,22). The lowest BCUT2D eigenvalue weighted by Gasteiger charge is -2.34. The first-order chi connectivity index (χ1) is 12.9. The Balaban J connectivity index is 2.06. The zero-order valence-electron chi connectivity index (χ0n) is 15.0. The minimum Gasteiger partial charge on any atom is -0.465 e. The lowest BCUT2D eigenvalue weighted by atomic mass is 9.95. The number of amides is 1. The summed E-state index contributed by atoms with van der Waals surface area (Å²) in [6, 6.07) is 12.2. The third kappa shape index (κ3) is 3.58. The van der Waals surface area contributed by atoms with Crippen LogP contribution >= 0.6 is 0 Å². The molecule has 1 aliphatic rings. The molecule has 0 spiro atoms. The predicted molar refractivity (Wildman–Crippen MR) is 98.5 cm³/mol. The number of esters is 1. The number of hydrogen-bond acceptors (Lipinski definition) is 5. The van der Waals surface area contributed by atoms with Gasteiger partial charge in [-0.2, -0.15) is 4.31 Å². The van der Waals surface area contributed by atoms with Gasteiger partial charge in [-0.05, 0) is 35.7 Å². The lowest BCUT2D eigenvalue weighted by Crippen LogP contribution is -2.51. The fourth-order valence-corrected chi connectivity index (χ4v) is 4.79. The molecular formula is C19H20N2O5S. The molecule has 0 bridgehead atoms. The number of ether oxygens (including phenoxy) is 1. The molecule has 1 atom stereocenters. The summed E-state index contributed by atoms with van der Waals surface area (Å²) in [5.41, 5.74) is 1.93. The Hall–Kier alpha value is -2.71. The van der Waals surface area contributed by atoms with Crippen molar-refractivity contribution >= 4 is 21.9 Å². The van der Waals surface area contributed by atoms with Gasteiger partial charge in [0.05, 0.1) is 17.6 Å². The van der Waals surface area contributed by atoms with Gasteiger partial charge in [0.1, 0.15) is 6.04 Å². The maximum atomic E-state index is 13.3. The van der Waals surface area contributed by atoms with Crippen molar-refractivity contribution in [3.05, 3.63) is 65.2 Å². The quantitative estimate of drug-likeness (QED) is 0.798. The van der Waals surface area contributed by atoms with E-state index in [0.29, 0.717) is 0 Å². The second-order valence-corrected chi connectivity index (χ2v) is 8.06. The Morgan fingerprint density at radius 3 is 2.48 bits per heavy atom. The van der Waals surface area contributed by atoms with Gasteiger partial charge in [-0.1, -0.05) is 30.3 Å². The molecule has 142 valence electrons. The highest BCUT2D eigenvalue weighted by molar-refractivity contribution is 7.89. The SMILES string of the molecule is CNC(=O)C1Cc2ccccc2CN1S(=O)(=O)c1cccc(C(=O)OC)c1. The lowest BCUT2D eigenvalue weighted by molar-refractivity contribution is -0.124. The minimum absolute atomic E-state index is 0.0568. The van der Waals surface area contributed by atoms with E-state index in [-0.39, 0.29) is 29.3 Å². The van der Waals surface area contributed by atoms with Crippen LogP contribution in [0.25, 0.3) is 0 Å². The summed E-state index contributed by atoms with van der Waals surface area (Å²) in [7, 11) is -1.30. The van der Waals surface area contributed by atoms with Gasteiger partial charge in [0.2, 0.25) is 15.9 Å². The molecule has 7 nitrogen and oxygen atoms in total. The third-order valence-electron chi connectivity index (χ3n) is 4.62. The van der Waals surface area contributed by atoms with Gasteiger partial charge in [-0.15, -0.1) is 0 Å². The normalized spacial score (nSPS) is 17.0. The number of sulfonamides is 1. The van der Waals surface area contributed by atoms with Crippen LogP contribution in [-0.2, 0) is 32.5 Å². The molecule has 1 aliphatic heterocycles. The summed E-state index contributed by atoms with van der Waals surface area (Å²) in [5, 5.41) is 2.54. The molecule has 1 N–H and O–H groups in total. The first kappa shape index (κ1) is 19.1. The number of nitrogens with zero attached hydrogens (tertiary/aromatic N) is 1. The van der Waals surface area contributed by atoms with Gasteiger partial charge in [0.15, 0.2) is 0 Å². The first-order valence-corrected chi connectivity index (χ1v) is 9.81. The van der Waals surface area contributed by atoms with Crippen LogP contribution in [0.5, 0.6) is 0 Å². The second-order valence-electron chi connectivity index (χ2n) is 6.17. The van der Waals surface area contributed by atoms with E-state index in [0.717, 1.165) is 11.1 Å². The Kier molecular flexibility index (Phi) is 5.29. The second kappa shape index (κ2) is 7.50. The van der Waals surface area contributed by atoms with Crippen LogP contribution in [0.3, 0.4) is 0 Å². The average Bonchev–Trinajstić information content (AvgIpc) is 2.71. The molecule has 8 heteroatoms. The van der Waals surface area contributed by atoms with E-state index in [4.69, 9.17) is 0 Å². The van der Waals surface area contributed by atoms with Crippen molar-refractivity contribution in [1.82, 2.24) is 9.62 Å². The summed E-state index contributed by atoms with van der Waals surface area (Å²) in [4.78, 5) is 24.1. The largest absolute Gasteiger partial charge is 0.465 e. The molecule has 0 radical (unpaired) electrons. The summed E-state index contributed by atoms with van der Waals surface area (Å²) < 4.78 is 32.4. The summed E-state index contributed by atoms with van der Waals surface area (Å²) in [5.74, 6) is -1.00. The molecule has 2 aromatic rings. The van der Waals surface area contributed by atoms with Crippen molar-refractivity contribution < 1.29 is 22.7 Å². The number of benzene rings is 2. The maximum Gasteiger partial charge on any atom is 0.337 e. The summed E-state index contributed by atoms with van der Waals surface area (Å²) in [6.07, 6.45) is 0.284. The Morgan fingerprint density at radius 1 is 1.11 bits per heavy atom. The van der Waals surface area contributed by atoms with E-state index in [1.165, 1.54) is 42.7 Å².